The van der Waals surface area contributed by atoms with Crippen molar-refractivity contribution < 1.29 is 4.39 Å². The van der Waals surface area contributed by atoms with Gasteiger partial charge >= 0.3 is 0 Å². The van der Waals surface area contributed by atoms with Crippen LogP contribution < -0.4 is 5.32 Å². The Labute approximate surface area is 108 Å². The first kappa shape index (κ1) is 12.3. The summed E-state index contributed by atoms with van der Waals surface area (Å²) in [5.41, 5.74) is 2.70. The van der Waals surface area contributed by atoms with E-state index in [9.17, 15) is 4.39 Å². The average Bonchev–Trinajstić information content (AvgIpc) is 2.75. The summed E-state index contributed by atoms with van der Waals surface area (Å²) in [6.07, 6.45) is 0. The van der Waals surface area contributed by atoms with E-state index in [0.29, 0.717) is 4.47 Å². The molecule has 0 atom stereocenters. The number of nitrogens with one attached hydrogen (secondary N) is 2. The van der Waals surface area contributed by atoms with Crippen LogP contribution in [-0.4, -0.2) is 16.7 Å². The average molecular weight is 298 g/mol. The molecule has 0 radical (unpaired) electrons. The Kier molecular flexibility index (Phi) is 3.91. The number of hydrogen-bond acceptors (Lipinski definition) is 2. The van der Waals surface area contributed by atoms with Gasteiger partial charge in [0.2, 0.25) is 0 Å². The molecule has 0 spiro atoms. The molecule has 0 aliphatic carbocycles. The first-order valence-electron chi connectivity index (χ1n) is 5.41. The number of hydrogen-bond donors (Lipinski definition) is 2. The second-order valence-electron chi connectivity index (χ2n) is 3.68. The summed E-state index contributed by atoms with van der Waals surface area (Å²) in [4.78, 5) is 0. The van der Waals surface area contributed by atoms with Crippen LogP contribution in [0.4, 0.5) is 4.39 Å². The van der Waals surface area contributed by atoms with Gasteiger partial charge in [-0.1, -0.05) is 6.92 Å². The number of nitrogens with zero attached hydrogens (tertiary/aromatic N) is 1. The lowest BCUT2D eigenvalue weighted by Gasteiger charge is -2.00. The zero-order chi connectivity index (χ0) is 12.3. The van der Waals surface area contributed by atoms with Crippen LogP contribution in [0.25, 0.3) is 11.3 Å². The Bertz CT molecular complexity index is 510. The van der Waals surface area contributed by atoms with Crippen molar-refractivity contribution in [3.05, 3.63) is 40.2 Å². The van der Waals surface area contributed by atoms with Crippen molar-refractivity contribution in [2.75, 3.05) is 6.54 Å². The molecule has 1 aromatic heterocycles. The van der Waals surface area contributed by atoms with Crippen molar-refractivity contribution in [3.8, 4) is 11.3 Å². The minimum atomic E-state index is -0.260. The Balaban J connectivity index is 2.24. The lowest BCUT2D eigenvalue weighted by molar-refractivity contribution is 0.627. The molecule has 90 valence electrons. The molecule has 2 rings (SSSR count). The van der Waals surface area contributed by atoms with Gasteiger partial charge < -0.3 is 5.32 Å². The number of halogens is 2. The van der Waals surface area contributed by atoms with Crippen LogP contribution in [0.5, 0.6) is 0 Å². The van der Waals surface area contributed by atoms with Crippen LogP contribution in [0, 0.1) is 5.82 Å². The third-order valence-corrected chi connectivity index (χ3v) is 3.06. The second-order valence-corrected chi connectivity index (χ2v) is 4.54. The maximum atomic E-state index is 13.0. The Morgan fingerprint density at radius 2 is 2.24 bits per heavy atom. The Morgan fingerprint density at radius 3 is 2.94 bits per heavy atom. The van der Waals surface area contributed by atoms with Gasteiger partial charge in [-0.2, -0.15) is 5.10 Å². The first-order chi connectivity index (χ1) is 8.20. The highest BCUT2D eigenvalue weighted by atomic mass is 79.9. The summed E-state index contributed by atoms with van der Waals surface area (Å²) >= 11 is 3.34. The molecule has 0 aliphatic heterocycles. The van der Waals surface area contributed by atoms with Crippen molar-refractivity contribution in [1.82, 2.24) is 15.5 Å². The summed E-state index contributed by atoms with van der Waals surface area (Å²) < 4.78 is 13.7. The number of aromatic nitrogens is 2. The second kappa shape index (κ2) is 5.42. The van der Waals surface area contributed by atoms with Crippen LogP contribution in [-0.2, 0) is 6.54 Å². The van der Waals surface area contributed by atoms with Crippen LogP contribution in [0.15, 0.2) is 28.7 Å². The van der Waals surface area contributed by atoms with E-state index < -0.39 is 0 Å². The topological polar surface area (TPSA) is 40.7 Å². The van der Waals surface area contributed by atoms with E-state index in [2.05, 4.69) is 31.4 Å². The van der Waals surface area contributed by atoms with Crippen LogP contribution in [0.1, 0.15) is 12.6 Å². The minimum absolute atomic E-state index is 0.260. The lowest BCUT2D eigenvalue weighted by atomic mass is 10.1. The summed E-state index contributed by atoms with van der Waals surface area (Å²) in [6, 6.07) is 6.54. The Morgan fingerprint density at radius 1 is 1.41 bits per heavy atom. The zero-order valence-electron chi connectivity index (χ0n) is 9.43. The van der Waals surface area contributed by atoms with Gasteiger partial charge in [0.05, 0.1) is 5.69 Å². The van der Waals surface area contributed by atoms with Crippen LogP contribution >= 0.6 is 15.9 Å². The minimum Gasteiger partial charge on any atom is -0.311 e. The predicted octanol–water partition coefficient (Wildman–Crippen LogP) is 3.09. The fourth-order valence-corrected chi connectivity index (χ4v) is 2.10. The monoisotopic (exact) mass is 297 g/mol. The molecule has 0 amide bonds. The molecule has 3 nitrogen and oxygen atoms in total. The maximum Gasteiger partial charge on any atom is 0.124 e. The largest absolute Gasteiger partial charge is 0.311 e. The molecule has 2 aromatic rings. The van der Waals surface area contributed by atoms with E-state index in [0.717, 1.165) is 30.0 Å². The van der Waals surface area contributed by atoms with Gasteiger partial charge in [-0.05, 0) is 46.7 Å². The highest BCUT2D eigenvalue weighted by Crippen LogP contribution is 2.27. The van der Waals surface area contributed by atoms with Gasteiger partial charge in [-0.15, -0.1) is 0 Å². The number of benzene rings is 1. The molecule has 1 aromatic carbocycles. The highest BCUT2D eigenvalue weighted by molar-refractivity contribution is 9.10. The molecule has 0 saturated heterocycles. The SMILES string of the molecule is CCNCc1cc(-c2ccc(F)cc2Br)n[nH]1. The van der Waals surface area contributed by atoms with Gasteiger partial charge in [-0.3, -0.25) is 5.10 Å². The number of H-pyrrole nitrogens is 1. The smallest absolute Gasteiger partial charge is 0.124 e. The van der Waals surface area contributed by atoms with Crippen molar-refractivity contribution in [1.29, 1.82) is 0 Å². The molecule has 0 aliphatic rings. The molecule has 0 fully saturated rings. The van der Waals surface area contributed by atoms with Gasteiger partial charge in [0, 0.05) is 22.3 Å². The molecular formula is C12H13BrFN3. The molecule has 0 unspecified atom stereocenters. The first-order valence-corrected chi connectivity index (χ1v) is 6.20. The maximum absolute atomic E-state index is 13.0. The molecule has 2 N–H and O–H groups in total. The summed E-state index contributed by atoms with van der Waals surface area (Å²) in [5, 5.41) is 10.4. The van der Waals surface area contributed by atoms with E-state index >= 15 is 0 Å². The molecule has 0 saturated carbocycles. The number of rotatable bonds is 4. The fraction of sp³-hybridized carbons (Fsp3) is 0.250. The predicted molar refractivity (Wildman–Crippen MR) is 69.1 cm³/mol. The lowest BCUT2D eigenvalue weighted by Crippen LogP contribution is -2.11. The molecule has 5 heteroatoms. The van der Waals surface area contributed by atoms with E-state index in [1.165, 1.54) is 12.1 Å². The van der Waals surface area contributed by atoms with Crippen molar-refractivity contribution >= 4 is 15.9 Å². The summed E-state index contributed by atoms with van der Waals surface area (Å²) in [7, 11) is 0. The molecule has 17 heavy (non-hydrogen) atoms. The van der Waals surface area contributed by atoms with Crippen LogP contribution in [0.3, 0.4) is 0 Å². The molecule has 0 bridgehead atoms. The summed E-state index contributed by atoms with van der Waals surface area (Å²) in [5.74, 6) is -0.260. The number of aromatic amines is 1. The Hall–Kier alpha value is -1.20. The van der Waals surface area contributed by atoms with Gasteiger partial charge in [0.25, 0.3) is 0 Å². The van der Waals surface area contributed by atoms with Gasteiger partial charge in [0.15, 0.2) is 0 Å². The van der Waals surface area contributed by atoms with E-state index in [4.69, 9.17) is 0 Å². The van der Waals surface area contributed by atoms with Crippen LogP contribution in [0.2, 0.25) is 0 Å². The van der Waals surface area contributed by atoms with Gasteiger partial charge in [-0.25, -0.2) is 4.39 Å². The standard InChI is InChI=1S/C12H13BrFN3/c1-2-15-7-9-6-12(17-16-9)10-4-3-8(14)5-11(10)13/h3-6,15H,2,7H2,1H3,(H,16,17). The van der Waals surface area contributed by atoms with E-state index in [1.54, 1.807) is 6.07 Å². The van der Waals surface area contributed by atoms with Crippen molar-refractivity contribution in [2.24, 2.45) is 0 Å². The summed E-state index contributed by atoms with van der Waals surface area (Å²) in [6.45, 7) is 3.71. The van der Waals surface area contributed by atoms with E-state index in [-0.39, 0.29) is 5.82 Å². The molecular weight excluding hydrogens is 285 g/mol. The van der Waals surface area contributed by atoms with Crippen molar-refractivity contribution in [3.63, 3.8) is 0 Å². The quantitative estimate of drug-likeness (QED) is 0.910. The van der Waals surface area contributed by atoms with Crippen molar-refractivity contribution in [2.45, 2.75) is 13.5 Å². The van der Waals surface area contributed by atoms with E-state index in [1.807, 2.05) is 13.0 Å². The fourth-order valence-electron chi connectivity index (χ4n) is 1.55. The highest BCUT2D eigenvalue weighted by Gasteiger charge is 2.08. The molecule has 1 heterocycles. The third kappa shape index (κ3) is 2.92. The van der Waals surface area contributed by atoms with Gasteiger partial charge in [0.1, 0.15) is 5.82 Å². The zero-order valence-corrected chi connectivity index (χ0v) is 11.0. The third-order valence-electron chi connectivity index (χ3n) is 2.40. The normalized spacial score (nSPS) is 10.8.